The van der Waals surface area contributed by atoms with Gasteiger partial charge >= 0.3 is 0 Å². The van der Waals surface area contributed by atoms with E-state index in [1.54, 1.807) is 17.2 Å². The zero-order valence-electron chi connectivity index (χ0n) is 11.6. The first-order valence-electron chi connectivity index (χ1n) is 6.67. The van der Waals surface area contributed by atoms with Gasteiger partial charge < -0.3 is 14.6 Å². The van der Waals surface area contributed by atoms with Crippen LogP contribution < -0.4 is 5.32 Å². The van der Waals surface area contributed by atoms with Crippen LogP contribution in [0.1, 0.15) is 33.0 Å². The molecule has 0 aliphatic carbocycles. The van der Waals surface area contributed by atoms with Crippen LogP contribution in [-0.2, 0) is 16.1 Å². The summed E-state index contributed by atoms with van der Waals surface area (Å²) in [4.78, 5) is 26.2. The molecule has 0 aromatic carbocycles. The van der Waals surface area contributed by atoms with Crippen LogP contribution in [0.3, 0.4) is 0 Å². The van der Waals surface area contributed by atoms with Crippen molar-refractivity contribution in [3.63, 3.8) is 0 Å². The van der Waals surface area contributed by atoms with Gasteiger partial charge in [-0.2, -0.15) is 0 Å². The highest BCUT2D eigenvalue weighted by molar-refractivity contribution is 5.97. The first-order chi connectivity index (χ1) is 9.04. The van der Waals surface area contributed by atoms with E-state index in [-0.39, 0.29) is 17.7 Å². The van der Waals surface area contributed by atoms with E-state index in [0.29, 0.717) is 18.7 Å². The van der Waals surface area contributed by atoms with Crippen LogP contribution in [0.2, 0.25) is 0 Å². The van der Waals surface area contributed by atoms with E-state index in [1.807, 2.05) is 26.8 Å². The van der Waals surface area contributed by atoms with Gasteiger partial charge in [0.25, 0.3) is 0 Å². The number of nitrogens with zero attached hydrogens (tertiary/aromatic N) is 1. The van der Waals surface area contributed by atoms with Crippen LogP contribution in [0.5, 0.6) is 0 Å². The quantitative estimate of drug-likeness (QED) is 0.897. The van der Waals surface area contributed by atoms with E-state index < -0.39 is 12.1 Å². The third kappa shape index (κ3) is 2.64. The lowest BCUT2D eigenvalue weighted by atomic mass is 9.97. The first-order valence-corrected chi connectivity index (χ1v) is 6.67. The van der Waals surface area contributed by atoms with E-state index in [9.17, 15) is 9.59 Å². The van der Waals surface area contributed by atoms with Crippen LogP contribution in [0.25, 0.3) is 0 Å². The Labute approximate surface area is 113 Å². The number of piperazine rings is 1. The van der Waals surface area contributed by atoms with Crippen molar-refractivity contribution in [3.05, 3.63) is 24.2 Å². The Morgan fingerprint density at radius 1 is 1.42 bits per heavy atom. The maximum atomic E-state index is 12.5. The molecular weight excluding hydrogens is 244 g/mol. The highest BCUT2D eigenvalue weighted by Crippen LogP contribution is 2.20. The number of rotatable bonds is 4. The smallest absolute Gasteiger partial charge is 0.246 e. The number of furan rings is 1. The molecule has 1 aliphatic rings. The molecule has 2 amide bonds. The van der Waals surface area contributed by atoms with Gasteiger partial charge in [0.15, 0.2) is 0 Å². The number of hydrogen-bond donors (Lipinski definition) is 1. The number of carbonyl (C=O) groups excluding carboxylic acids is 2. The normalized spacial score (nSPS) is 23.9. The van der Waals surface area contributed by atoms with Crippen molar-refractivity contribution < 1.29 is 14.0 Å². The molecule has 1 N–H and O–H groups in total. The standard InChI is InChI=1S/C14H20N2O3/c1-4-11-13(17)15-12(9(2)3)14(18)16(11)8-10-6-5-7-19-10/h5-7,9,11-12H,4,8H2,1-3H3,(H,15,17). The second kappa shape index (κ2) is 5.47. The molecule has 5 nitrogen and oxygen atoms in total. The number of nitrogens with one attached hydrogen (secondary N) is 1. The fourth-order valence-corrected chi connectivity index (χ4v) is 2.40. The summed E-state index contributed by atoms with van der Waals surface area (Å²) in [6.45, 7) is 6.11. The van der Waals surface area contributed by atoms with Crippen molar-refractivity contribution in [1.29, 1.82) is 0 Å². The van der Waals surface area contributed by atoms with E-state index in [1.165, 1.54) is 0 Å². The Morgan fingerprint density at radius 3 is 2.68 bits per heavy atom. The fraction of sp³-hybridized carbons (Fsp3) is 0.571. The maximum Gasteiger partial charge on any atom is 0.246 e. The van der Waals surface area contributed by atoms with Crippen LogP contribution in [0.15, 0.2) is 22.8 Å². The van der Waals surface area contributed by atoms with E-state index in [2.05, 4.69) is 5.32 Å². The van der Waals surface area contributed by atoms with E-state index in [4.69, 9.17) is 4.42 Å². The minimum Gasteiger partial charge on any atom is -0.467 e. The molecule has 1 aliphatic heterocycles. The number of hydrogen-bond acceptors (Lipinski definition) is 3. The summed E-state index contributed by atoms with van der Waals surface area (Å²) >= 11 is 0. The highest BCUT2D eigenvalue weighted by Gasteiger charge is 2.40. The Kier molecular flexibility index (Phi) is 3.93. The molecule has 5 heteroatoms. The summed E-state index contributed by atoms with van der Waals surface area (Å²) < 4.78 is 5.28. The average molecular weight is 264 g/mol. The zero-order valence-corrected chi connectivity index (χ0v) is 11.6. The minimum absolute atomic E-state index is 0.0298. The molecule has 0 radical (unpaired) electrons. The van der Waals surface area contributed by atoms with Crippen LogP contribution in [0.4, 0.5) is 0 Å². The minimum atomic E-state index is -0.440. The predicted molar refractivity (Wildman–Crippen MR) is 70.1 cm³/mol. The third-order valence-corrected chi connectivity index (χ3v) is 3.49. The molecule has 0 bridgehead atoms. The lowest BCUT2D eigenvalue weighted by Crippen LogP contribution is -2.64. The molecule has 1 saturated heterocycles. The molecule has 2 atom stereocenters. The predicted octanol–water partition coefficient (Wildman–Crippen LogP) is 1.54. The van der Waals surface area contributed by atoms with Gasteiger partial charge in [0.05, 0.1) is 12.8 Å². The summed E-state index contributed by atoms with van der Waals surface area (Å²) in [6, 6.07) is 2.75. The van der Waals surface area contributed by atoms with Crippen molar-refractivity contribution in [3.8, 4) is 0 Å². The largest absolute Gasteiger partial charge is 0.467 e. The Balaban J connectivity index is 2.23. The molecule has 19 heavy (non-hydrogen) atoms. The number of amides is 2. The Morgan fingerprint density at radius 2 is 2.16 bits per heavy atom. The van der Waals surface area contributed by atoms with Gasteiger partial charge in [-0.1, -0.05) is 20.8 Å². The molecule has 2 heterocycles. The molecule has 0 saturated carbocycles. The molecule has 1 aromatic rings. The van der Waals surface area contributed by atoms with E-state index in [0.717, 1.165) is 0 Å². The fourth-order valence-electron chi connectivity index (χ4n) is 2.40. The van der Waals surface area contributed by atoms with Gasteiger partial charge in [-0.25, -0.2) is 0 Å². The monoisotopic (exact) mass is 264 g/mol. The summed E-state index contributed by atoms with van der Waals surface area (Å²) in [5, 5.41) is 2.82. The molecule has 0 spiro atoms. The van der Waals surface area contributed by atoms with Gasteiger partial charge in [0.2, 0.25) is 11.8 Å². The lowest BCUT2D eigenvalue weighted by molar-refractivity contribution is -0.151. The highest BCUT2D eigenvalue weighted by atomic mass is 16.3. The van der Waals surface area contributed by atoms with Crippen molar-refractivity contribution in [2.75, 3.05) is 0 Å². The molecule has 1 fully saturated rings. The second-order valence-electron chi connectivity index (χ2n) is 5.20. The van der Waals surface area contributed by atoms with Crippen molar-refractivity contribution in [2.45, 2.75) is 45.8 Å². The molecule has 2 unspecified atom stereocenters. The first kappa shape index (κ1) is 13.6. The third-order valence-electron chi connectivity index (χ3n) is 3.49. The second-order valence-corrected chi connectivity index (χ2v) is 5.20. The lowest BCUT2D eigenvalue weighted by Gasteiger charge is -2.39. The van der Waals surface area contributed by atoms with Crippen LogP contribution in [-0.4, -0.2) is 28.8 Å². The maximum absolute atomic E-state index is 12.5. The van der Waals surface area contributed by atoms with Gasteiger partial charge in [0.1, 0.15) is 17.8 Å². The van der Waals surface area contributed by atoms with Crippen LogP contribution >= 0.6 is 0 Å². The van der Waals surface area contributed by atoms with Gasteiger partial charge in [0, 0.05) is 0 Å². The van der Waals surface area contributed by atoms with Crippen molar-refractivity contribution >= 4 is 11.8 Å². The molecular formula is C14H20N2O3. The number of carbonyl (C=O) groups is 2. The van der Waals surface area contributed by atoms with Crippen molar-refractivity contribution in [2.24, 2.45) is 5.92 Å². The van der Waals surface area contributed by atoms with Gasteiger partial charge in [-0.3, -0.25) is 9.59 Å². The molecule has 1 aromatic heterocycles. The summed E-state index contributed by atoms with van der Waals surface area (Å²) in [7, 11) is 0. The average Bonchev–Trinajstić information content (AvgIpc) is 2.86. The topological polar surface area (TPSA) is 62.6 Å². The zero-order chi connectivity index (χ0) is 14.0. The Hall–Kier alpha value is -1.78. The van der Waals surface area contributed by atoms with Gasteiger partial charge in [-0.15, -0.1) is 0 Å². The summed E-state index contributed by atoms with van der Waals surface area (Å²) in [5.41, 5.74) is 0. The molecule has 104 valence electrons. The summed E-state index contributed by atoms with van der Waals surface area (Å²) in [5.74, 6) is 0.669. The van der Waals surface area contributed by atoms with Crippen LogP contribution in [0, 0.1) is 5.92 Å². The Bertz CT molecular complexity index is 453. The summed E-state index contributed by atoms with van der Waals surface area (Å²) in [6.07, 6.45) is 2.17. The SMILES string of the molecule is CCC1C(=O)NC(C(C)C)C(=O)N1Cc1ccco1. The van der Waals surface area contributed by atoms with E-state index >= 15 is 0 Å². The van der Waals surface area contributed by atoms with Gasteiger partial charge in [-0.05, 0) is 24.5 Å². The molecule has 2 rings (SSSR count). The van der Waals surface area contributed by atoms with Crippen molar-refractivity contribution in [1.82, 2.24) is 10.2 Å².